The summed E-state index contributed by atoms with van der Waals surface area (Å²) in [6.07, 6.45) is 3.04. The van der Waals surface area contributed by atoms with Crippen molar-refractivity contribution in [1.29, 1.82) is 0 Å². The number of carbonyl (C=O) groups is 2. The second-order valence-corrected chi connectivity index (χ2v) is 5.24. The maximum Gasteiger partial charge on any atom is 0.314 e. The van der Waals surface area contributed by atoms with Gasteiger partial charge in [-0.1, -0.05) is 50.1 Å². The molecule has 2 N–H and O–H groups in total. The van der Waals surface area contributed by atoms with E-state index >= 15 is 0 Å². The van der Waals surface area contributed by atoms with E-state index in [2.05, 4.69) is 12.2 Å². The Kier molecular flexibility index (Phi) is 6.22. The molecular weight excluding hydrogens is 254 g/mol. The van der Waals surface area contributed by atoms with Crippen LogP contribution < -0.4 is 5.32 Å². The molecular formula is C16H23NO3. The van der Waals surface area contributed by atoms with E-state index in [1.807, 2.05) is 6.07 Å². The molecule has 0 aromatic heterocycles. The SMILES string of the molecule is CCCCCNC(=O)CC(C)(C(=O)O)c1ccccc1. The van der Waals surface area contributed by atoms with Crippen LogP contribution in [0, 0.1) is 0 Å². The van der Waals surface area contributed by atoms with Crippen LogP contribution in [0.4, 0.5) is 0 Å². The van der Waals surface area contributed by atoms with E-state index in [9.17, 15) is 14.7 Å². The Labute approximate surface area is 120 Å². The highest BCUT2D eigenvalue weighted by Crippen LogP contribution is 2.27. The fraction of sp³-hybridized carbons (Fsp3) is 0.500. The molecule has 20 heavy (non-hydrogen) atoms. The molecule has 0 spiro atoms. The summed E-state index contributed by atoms with van der Waals surface area (Å²) in [5, 5.41) is 12.3. The third-order valence-electron chi connectivity index (χ3n) is 3.50. The molecule has 1 unspecified atom stereocenters. The zero-order valence-corrected chi connectivity index (χ0v) is 12.2. The van der Waals surface area contributed by atoms with Crippen molar-refractivity contribution in [1.82, 2.24) is 5.32 Å². The number of carboxylic acids is 1. The summed E-state index contributed by atoms with van der Waals surface area (Å²) in [6.45, 7) is 4.30. The molecule has 0 bridgehead atoms. The van der Waals surface area contributed by atoms with Gasteiger partial charge in [-0.25, -0.2) is 0 Å². The molecule has 110 valence electrons. The first kappa shape index (κ1) is 16.2. The van der Waals surface area contributed by atoms with Gasteiger partial charge in [0.15, 0.2) is 0 Å². The largest absolute Gasteiger partial charge is 0.481 e. The van der Waals surface area contributed by atoms with Crippen molar-refractivity contribution in [3.8, 4) is 0 Å². The quantitative estimate of drug-likeness (QED) is 0.718. The Hall–Kier alpha value is -1.84. The van der Waals surface area contributed by atoms with Gasteiger partial charge in [0.25, 0.3) is 0 Å². The number of rotatable bonds is 8. The lowest BCUT2D eigenvalue weighted by Crippen LogP contribution is -2.39. The minimum atomic E-state index is -1.18. The van der Waals surface area contributed by atoms with Crippen molar-refractivity contribution in [2.45, 2.75) is 44.9 Å². The first-order chi connectivity index (χ1) is 9.50. The number of carboxylic acid groups (broad SMARTS) is 1. The third-order valence-corrected chi connectivity index (χ3v) is 3.50. The minimum absolute atomic E-state index is 0.0432. The van der Waals surface area contributed by atoms with Crippen LogP contribution in [0.15, 0.2) is 30.3 Å². The van der Waals surface area contributed by atoms with Crippen LogP contribution >= 0.6 is 0 Å². The molecule has 0 aliphatic rings. The van der Waals surface area contributed by atoms with Gasteiger partial charge in [-0.05, 0) is 18.9 Å². The lowest BCUT2D eigenvalue weighted by atomic mass is 9.79. The van der Waals surface area contributed by atoms with Crippen LogP contribution in [0.3, 0.4) is 0 Å². The van der Waals surface area contributed by atoms with Crippen LogP contribution in [0.5, 0.6) is 0 Å². The van der Waals surface area contributed by atoms with Crippen LogP contribution in [-0.2, 0) is 15.0 Å². The molecule has 4 nitrogen and oxygen atoms in total. The van der Waals surface area contributed by atoms with E-state index in [4.69, 9.17) is 0 Å². The molecule has 0 fully saturated rings. The minimum Gasteiger partial charge on any atom is -0.481 e. The van der Waals surface area contributed by atoms with E-state index in [0.29, 0.717) is 12.1 Å². The van der Waals surface area contributed by atoms with Gasteiger partial charge in [0.1, 0.15) is 0 Å². The number of amides is 1. The van der Waals surface area contributed by atoms with E-state index in [1.54, 1.807) is 31.2 Å². The smallest absolute Gasteiger partial charge is 0.314 e. The summed E-state index contributed by atoms with van der Waals surface area (Å²) in [7, 11) is 0. The number of nitrogens with one attached hydrogen (secondary N) is 1. The zero-order chi connectivity index (χ0) is 15.0. The highest BCUT2D eigenvalue weighted by molar-refractivity contribution is 5.89. The Morgan fingerprint density at radius 2 is 1.85 bits per heavy atom. The average Bonchev–Trinajstić information content (AvgIpc) is 2.44. The Morgan fingerprint density at radius 3 is 2.40 bits per heavy atom. The number of hydrogen-bond donors (Lipinski definition) is 2. The molecule has 0 saturated carbocycles. The van der Waals surface area contributed by atoms with Crippen LogP contribution in [0.1, 0.15) is 45.1 Å². The predicted octanol–water partition coefficient (Wildman–Crippen LogP) is 2.73. The maximum atomic E-state index is 11.9. The third kappa shape index (κ3) is 4.37. The van der Waals surface area contributed by atoms with Crippen molar-refractivity contribution in [2.24, 2.45) is 0 Å². The molecule has 4 heteroatoms. The summed E-state index contributed by atoms with van der Waals surface area (Å²) < 4.78 is 0. The van der Waals surface area contributed by atoms with Crippen LogP contribution in [0.25, 0.3) is 0 Å². The van der Waals surface area contributed by atoms with Gasteiger partial charge in [-0.3, -0.25) is 9.59 Å². The van der Waals surface area contributed by atoms with Crippen molar-refractivity contribution < 1.29 is 14.7 Å². The summed E-state index contributed by atoms with van der Waals surface area (Å²) in [4.78, 5) is 23.5. The fourth-order valence-corrected chi connectivity index (χ4v) is 2.09. The van der Waals surface area contributed by atoms with E-state index in [1.165, 1.54) is 0 Å². The second kappa shape index (κ2) is 7.68. The van der Waals surface area contributed by atoms with Crippen LogP contribution in [0.2, 0.25) is 0 Å². The first-order valence-electron chi connectivity index (χ1n) is 7.06. The first-order valence-corrected chi connectivity index (χ1v) is 7.06. The highest BCUT2D eigenvalue weighted by Gasteiger charge is 2.37. The van der Waals surface area contributed by atoms with Crippen molar-refractivity contribution in [2.75, 3.05) is 6.54 Å². The fourth-order valence-electron chi connectivity index (χ4n) is 2.09. The predicted molar refractivity (Wildman–Crippen MR) is 78.6 cm³/mol. The number of unbranched alkanes of at least 4 members (excludes halogenated alkanes) is 2. The zero-order valence-electron chi connectivity index (χ0n) is 12.2. The van der Waals surface area contributed by atoms with Crippen LogP contribution in [-0.4, -0.2) is 23.5 Å². The molecule has 1 aromatic rings. The summed E-state index contributed by atoms with van der Waals surface area (Å²) in [5.41, 5.74) is -0.535. The number of hydrogen-bond acceptors (Lipinski definition) is 2. The van der Waals surface area contributed by atoms with Gasteiger partial charge in [0.05, 0.1) is 5.41 Å². The monoisotopic (exact) mass is 277 g/mol. The Morgan fingerprint density at radius 1 is 1.20 bits per heavy atom. The lowest BCUT2D eigenvalue weighted by molar-refractivity contribution is -0.145. The lowest BCUT2D eigenvalue weighted by Gasteiger charge is -2.24. The van der Waals surface area contributed by atoms with Gasteiger partial charge >= 0.3 is 5.97 Å². The number of carbonyl (C=O) groups excluding carboxylic acids is 1. The average molecular weight is 277 g/mol. The molecule has 0 heterocycles. The topological polar surface area (TPSA) is 66.4 Å². The Bertz CT molecular complexity index is 444. The van der Waals surface area contributed by atoms with E-state index < -0.39 is 11.4 Å². The van der Waals surface area contributed by atoms with Gasteiger partial charge in [-0.2, -0.15) is 0 Å². The molecule has 0 aliphatic heterocycles. The summed E-state index contributed by atoms with van der Waals surface area (Å²) in [5.74, 6) is -1.19. The molecule has 1 amide bonds. The number of benzene rings is 1. The number of aliphatic carboxylic acids is 1. The van der Waals surface area contributed by atoms with Gasteiger partial charge < -0.3 is 10.4 Å². The second-order valence-electron chi connectivity index (χ2n) is 5.24. The van der Waals surface area contributed by atoms with E-state index in [0.717, 1.165) is 19.3 Å². The normalized spacial score (nSPS) is 13.5. The maximum absolute atomic E-state index is 11.9. The molecule has 1 aromatic carbocycles. The molecule has 0 radical (unpaired) electrons. The van der Waals surface area contributed by atoms with Gasteiger partial charge in [-0.15, -0.1) is 0 Å². The van der Waals surface area contributed by atoms with E-state index in [-0.39, 0.29) is 12.3 Å². The molecule has 0 aliphatic carbocycles. The Balaban J connectivity index is 2.68. The van der Waals surface area contributed by atoms with Crippen molar-refractivity contribution in [3.63, 3.8) is 0 Å². The molecule has 1 rings (SSSR count). The standard InChI is InChI=1S/C16H23NO3/c1-3-4-8-11-17-14(18)12-16(2,15(19)20)13-9-6-5-7-10-13/h5-7,9-10H,3-4,8,11-12H2,1-2H3,(H,17,18)(H,19,20). The summed E-state index contributed by atoms with van der Waals surface area (Å²) >= 11 is 0. The molecule has 1 atom stereocenters. The van der Waals surface area contributed by atoms with Gasteiger partial charge in [0, 0.05) is 13.0 Å². The highest BCUT2D eigenvalue weighted by atomic mass is 16.4. The van der Waals surface area contributed by atoms with Crippen molar-refractivity contribution >= 4 is 11.9 Å². The van der Waals surface area contributed by atoms with Crippen molar-refractivity contribution in [3.05, 3.63) is 35.9 Å². The molecule has 0 saturated heterocycles. The summed E-state index contributed by atoms with van der Waals surface area (Å²) in [6, 6.07) is 8.90. The van der Waals surface area contributed by atoms with Gasteiger partial charge in [0.2, 0.25) is 5.91 Å².